The SMILES string of the molecule is CCC(C)NC(=NC)NCc1c(C)cc(C)cc1C.I. The molecule has 0 fully saturated rings. The van der Waals surface area contributed by atoms with Crippen LogP contribution in [0.3, 0.4) is 0 Å². The van der Waals surface area contributed by atoms with Crippen LogP contribution in [-0.2, 0) is 6.54 Å². The average molecular weight is 389 g/mol. The van der Waals surface area contributed by atoms with Gasteiger partial charge in [-0.25, -0.2) is 0 Å². The molecule has 0 bridgehead atoms. The zero-order valence-electron chi connectivity index (χ0n) is 13.5. The van der Waals surface area contributed by atoms with E-state index in [0.717, 1.165) is 18.9 Å². The van der Waals surface area contributed by atoms with Crippen LogP contribution in [0.2, 0.25) is 0 Å². The fourth-order valence-electron chi connectivity index (χ4n) is 2.19. The average Bonchev–Trinajstić information content (AvgIpc) is 2.35. The normalized spacial score (nSPS) is 12.6. The van der Waals surface area contributed by atoms with Crippen molar-refractivity contribution >= 4 is 29.9 Å². The molecule has 0 saturated carbocycles. The molecule has 1 unspecified atom stereocenters. The van der Waals surface area contributed by atoms with E-state index in [-0.39, 0.29) is 24.0 Å². The smallest absolute Gasteiger partial charge is 0.191 e. The fourth-order valence-corrected chi connectivity index (χ4v) is 2.19. The molecule has 0 radical (unpaired) electrons. The first-order valence-electron chi connectivity index (χ1n) is 7.01. The Hall–Kier alpha value is -0.780. The summed E-state index contributed by atoms with van der Waals surface area (Å²) in [6.45, 7) is 11.6. The van der Waals surface area contributed by atoms with Crippen LogP contribution in [0.15, 0.2) is 17.1 Å². The quantitative estimate of drug-likeness (QED) is 0.468. The van der Waals surface area contributed by atoms with Gasteiger partial charge in [-0.2, -0.15) is 0 Å². The van der Waals surface area contributed by atoms with Gasteiger partial charge in [0.2, 0.25) is 0 Å². The van der Waals surface area contributed by atoms with Crippen molar-refractivity contribution in [1.29, 1.82) is 0 Å². The number of rotatable bonds is 4. The zero-order chi connectivity index (χ0) is 14.4. The maximum atomic E-state index is 4.26. The molecule has 1 aromatic rings. The summed E-state index contributed by atoms with van der Waals surface area (Å²) in [5, 5.41) is 6.77. The van der Waals surface area contributed by atoms with Crippen molar-refractivity contribution in [2.24, 2.45) is 4.99 Å². The van der Waals surface area contributed by atoms with E-state index >= 15 is 0 Å². The summed E-state index contributed by atoms with van der Waals surface area (Å²) in [6.07, 6.45) is 1.09. The van der Waals surface area contributed by atoms with Gasteiger partial charge in [-0.3, -0.25) is 4.99 Å². The third-order valence-electron chi connectivity index (χ3n) is 3.49. The number of aliphatic imine (C=N–C) groups is 1. The summed E-state index contributed by atoms with van der Waals surface area (Å²) in [5.74, 6) is 0.869. The minimum atomic E-state index is 0. The van der Waals surface area contributed by atoms with Gasteiger partial charge in [0, 0.05) is 19.6 Å². The third-order valence-corrected chi connectivity index (χ3v) is 3.49. The number of aryl methyl sites for hydroxylation is 3. The van der Waals surface area contributed by atoms with Gasteiger partial charge in [0.15, 0.2) is 5.96 Å². The number of hydrogen-bond donors (Lipinski definition) is 2. The first-order valence-corrected chi connectivity index (χ1v) is 7.01. The van der Waals surface area contributed by atoms with Crippen LogP contribution >= 0.6 is 24.0 Å². The largest absolute Gasteiger partial charge is 0.354 e. The van der Waals surface area contributed by atoms with Crippen molar-refractivity contribution in [3.63, 3.8) is 0 Å². The Morgan fingerprint density at radius 1 is 1.20 bits per heavy atom. The highest BCUT2D eigenvalue weighted by atomic mass is 127. The Bertz CT molecular complexity index is 432. The van der Waals surface area contributed by atoms with E-state index in [0.29, 0.717) is 6.04 Å². The summed E-state index contributed by atoms with van der Waals surface area (Å²) in [4.78, 5) is 4.26. The molecule has 1 atom stereocenters. The van der Waals surface area contributed by atoms with Crippen molar-refractivity contribution in [2.75, 3.05) is 7.05 Å². The van der Waals surface area contributed by atoms with E-state index in [4.69, 9.17) is 0 Å². The Morgan fingerprint density at radius 2 is 1.75 bits per heavy atom. The van der Waals surface area contributed by atoms with Gasteiger partial charge in [0.25, 0.3) is 0 Å². The molecule has 0 heterocycles. The molecule has 4 heteroatoms. The second-order valence-electron chi connectivity index (χ2n) is 5.26. The summed E-state index contributed by atoms with van der Waals surface area (Å²) in [5.41, 5.74) is 5.35. The van der Waals surface area contributed by atoms with E-state index in [1.165, 1.54) is 22.3 Å². The molecule has 0 aromatic heterocycles. The molecule has 0 amide bonds. The lowest BCUT2D eigenvalue weighted by Crippen LogP contribution is -2.41. The van der Waals surface area contributed by atoms with Crippen LogP contribution in [0.1, 0.15) is 42.5 Å². The van der Waals surface area contributed by atoms with Gasteiger partial charge in [0.1, 0.15) is 0 Å². The summed E-state index contributed by atoms with van der Waals surface area (Å²) in [7, 11) is 1.81. The monoisotopic (exact) mass is 389 g/mol. The van der Waals surface area contributed by atoms with Crippen molar-refractivity contribution in [3.8, 4) is 0 Å². The molecule has 1 aromatic carbocycles. The van der Waals surface area contributed by atoms with Gasteiger partial charge in [-0.1, -0.05) is 24.6 Å². The van der Waals surface area contributed by atoms with Crippen LogP contribution in [0.4, 0.5) is 0 Å². The van der Waals surface area contributed by atoms with Gasteiger partial charge >= 0.3 is 0 Å². The predicted molar refractivity (Wildman–Crippen MR) is 99.2 cm³/mol. The maximum absolute atomic E-state index is 4.26. The topological polar surface area (TPSA) is 36.4 Å². The molecule has 0 aliphatic heterocycles. The van der Waals surface area contributed by atoms with Crippen molar-refractivity contribution < 1.29 is 0 Å². The van der Waals surface area contributed by atoms with E-state index in [1.807, 2.05) is 7.05 Å². The van der Waals surface area contributed by atoms with Gasteiger partial charge in [-0.15, -0.1) is 24.0 Å². The van der Waals surface area contributed by atoms with Crippen LogP contribution in [0, 0.1) is 20.8 Å². The fraction of sp³-hybridized carbons (Fsp3) is 0.562. The Morgan fingerprint density at radius 3 is 2.20 bits per heavy atom. The standard InChI is InChI=1S/C16H27N3.HI/c1-7-14(5)19-16(17-6)18-10-15-12(3)8-11(2)9-13(15)4;/h8-9,14H,7,10H2,1-6H3,(H2,17,18,19);1H. The lowest BCUT2D eigenvalue weighted by atomic mass is 10.00. The number of guanidine groups is 1. The molecule has 2 N–H and O–H groups in total. The minimum Gasteiger partial charge on any atom is -0.354 e. The second-order valence-corrected chi connectivity index (χ2v) is 5.26. The van der Waals surface area contributed by atoms with Gasteiger partial charge in [0.05, 0.1) is 0 Å². The van der Waals surface area contributed by atoms with Gasteiger partial charge < -0.3 is 10.6 Å². The lowest BCUT2D eigenvalue weighted by Gasteiger charge is -2.18. The predicted octanol–water partition coefficient (Wildman–Crippen LogP) is 3.69. The van der Waals surface area contributed by atoms with Crippen molar-refractivity contribution in [1.82, 2.24) is 10.6 Å². The van der Waals surface area contributed by atoms with Crippen molar-refractivity contribution in [3.05, 3.63) is 34.4 Å². The van der Waals surface area contributed by atoms with Crippen LogP contribution < -0.4 is 10.6 Å². The third kappa shape index (κ3) is 5.69. The lowest BCUT2D eigenvalue weighted by molar-refractivity contribution is 0.624. The summed E-state index contributed by atoms with van der Waals surface area (Å²) in [6, 6.07) is 4.90. The van der Waals surface area contributed by atoms with E-state index in [9.17, 15) is 0 Å². The Balaban J connectivity index is 0.00000361. The number of nitrogens with zero attached hydrogens (tertiary/aromatic N) is 1. The first-order chi connectivity index (χ1) is 8.97. The van der Waals surface area contributed by atoms with Crippen LogP contribution in [-0.4, -0.2) is 19.0 Å². The van der Waals surface area contributed by atoms with Gasteiger partial charge in [-0.05, 0) is 50.8 Å². The molecular formula is C16H28IN3. The molecule has 0 aliphatic carbocycles. The van der Waals surface area contributed by atoms with Crippen molar-refractivity contribution in [2.45, 2.75) is 53.6 Å². The number of benzene rings is 1. The first kappa shape index (κ1) is 19.2. The van der Waals surface area contributed by atoms with E-state index < -0.39 is 0 Å². The molecule has 1 rings (SSSR count). The van der Waals surface area contributed by atoms with Crippen LogP contribution in [0.25, 0.3) is 0 Å². The van der Waals surface area contributed by atoms with Crippen LogP contribution in [0.5, 0.6) is 0 Å². The zero-order valence-corrected chi connectivity index (χ0v) is 15.8. The molecule has 0 spiro atoms. The highest BCUT2D eigenvalue weighted by molar-refractivity contribution is 14.0. The number of hydrogen-bond acceptors (Lipinski definition) is 1. The second kappa shape index (κ2) is 9.21. The molecule has 3 nitrogen and oxygen atoms in total. The molecule has 20 heavy (non-hydrogen) atoms. The molecule has 114 valence electrons. The minimum absolute atomic E-state index is 0. The Kier molecular flexibility index (Phi) is 8.85. The summed E-state index contributed by atoms with van der Waals surface area (Å²) < 4.78 is 0. The summed E-state index contributed by atoms with van der Waals surface area (Å²) >= 11 is 0. The molecule has 0 aliphatic rings. The highest BCUT2D eigenvalue weighted by Crippen LogP contribution is 2.15. The molecular weight excluding hydrogens is 361 g/mol. The Labute approximate surface area is 140 Å². The molecule has 0 saturated heterocycles. The number of nitrogens with one attached hydrogen (secondary N) is 2. The van der Waals surface area contributed by atoms with E-state index in [2.05, 4.69) is 62.4 Å². The number of halogens is 1. The van der Waals surface area contributed by atoms with E-state index in [1.54, 1.807) is 0 Å². The highest BCUT2D eigenvalue weighted by Gasteiger charge is 2.06. The maximum Gasteiger partial charge on any atom is 0.191 e.